The first kappa shape index (κ1) is 10.9. The first-order valence-electron chi connectivity index (χ1n) is 3.02. The molecular weight excluding hydrogens is 175 g/mol. The van der Waals surface area contributed by atoms with Gasteiger partial charge in [-0.1, -0.05) is 0 Å². The molecule has 1 rings (SSSR count). The molecule has 0 atom stereocenters. The van der Waals surface area contributed by atoms with E-state index in [1.54, 1.807) is 12.4 Å². The smallest absolute Gasteiger partial charge is 0.418 e. The molecule has 1 aromatic heterocycles. The van der Waals surface area contributed by atoms with Crippen LogP contribution in [-0.2, 0) is 7.05 Å². The van der Waals surface area contributed by atoms with E-state index in [0.29, 0.717) is 0 Å². The van der Waals surface area contributed by atoms with Crippen molar-refractivity contribution in [2.45, 2.75) is 0 Å². The molecule has 0 N–H and O–H groups in total. The van der Waals surface area contributed by atoms with Gasteiger partial charge in [0.1, 0.15) is 7.05 Å². The van der Waals surface area contributed by atoms with Crippen LogP contribution in [-0.4, -0.2) is 12.2 Å². The Bertz CT molecular complexity index is 206. The van der Waals surface area contributed by atoms with Crippen molar-refractivity contribution in [3.8, 4) is 0 Å². The summed E-state index contributed by atoms with van der Waals surface area (Å²) in [5.74, 6) is 0. The first-order chi connectivity index (χ1) is 5.39. The second kappa shape index (κ2) is 4.68. The SMILES string of the molecule is C[n+]1ccncc1.F[B-](F)(F)F. The number of hydrogen-bond acceptors (Lipinski definition) is 1. The van der Waals surface area contributed by atoms with Crippen LogP contribution in [0.2, 0.25) is 0 Å². The average molecular weight is 182 g/mol. The Morgan fingerprint density at radius 3 is 1.58 bits per heavy atom. The molecule has 2 nitrogen and oxygen atoms in total. The van der Waals surface area contributed by atoms with Crippen molar-refractivity contribution in [2.75, 3.05) is 0 Å². The Hall–Kier alpha value is -1.14. The number of hydrogen-bond donors (Lipinski definition) is 0. The highest BCUT2D eigenvalue weighted by Crippen LogP contribution is 2.06. The van der Waals surface area contributed by atoms with Gasteiger partial charge in [0.15, 0.2) is 12.4 Å². The van der Waals surface area contributed by atoms with E-state index in [0.717, 1.165) is 0 Å². The van der Waals surface area contributed by atoms with Crippen molar-refractivity contribution in [1.29, 1.82) is 0 Å². The lowest BCUT2D eigenvalue weighted by atomic mass is 10.3. The maximum absolute atomic E-state index is 9.75. The van der Waals surface area contributed by atoms with E-state index < -0.39 is 7.25 Å². The van der Waals surface area contributed by atoms with Crippen LogP contribution in [0.15, 0.2) is 24.8 Å². The molecule has 0 unspecified atom stereocenters. The monoisotopic (exact) mass is 182 g/mol. The lowest BCUT2D eigenvalue weighted by Crippen LogP contribution is -2.25. The minimum Gasteiger partial charge on any atom is -0.418 e. The summed E-state index contributed by atoms with van der Waals surface area (Å²) in [5, 5.41) is 0. The molecule has 0 spiro atoms. The number of aromatic nitrogens is 2. The molecule has 0 aliphatic carbocycles. The summed E-state index contributed by atoms with van der Waals surface area (Å²) in [5.41, 5.74) is 0. The predicted octanol–water partition coefficient (Wildman–Crippen LogP) is 1.21. The zero-order valence-electron chi connectivity index (χ0n) is 6.29. The Labute approximate surface area is 67.0 Å². The Morgan fingerprint density at radius 1 is 1.08 bits per heavy atom. The van der Waals surface area contributed by atoms with Gasteiger partial charge in [-0.3, -0.25) is 4.98 Å². The van der Waals surface area contributed by atoms with Crippen molar-refractivity contribution >= 4 is 7.25 Å². The zero-order valence-corrected chi connectivity index (χ0v) is 6.29. The highest BCUT2D eigenvalue weighted by molar-refractivity contribution is 6.50. The van der Waals surface area contributed by atoms with Crippen LogP contribution in [0.3, 0.4) is 0 Å². The van der Waals surface area contributed by atoms with Gasteiger partial charge in [-0.25, -0.2) is 4.57 Å². The Balaban J connectivity index is 0.000000217. The van der Waals surface area contributed by atoms with Gasteiger partial charge in [-0.05, 0) is 0 Å². The maximum Gasteiger partial charge on any atom is 0.673 e. The van der Waals surface area contributed by atoms with Gasteiger partial charge in [0, 0.05) is 0 Å². The third-order valence-electron chi connectivity index (χ3n) is 0.776. The molecule has 7 heteroatoms. The molecule has 12 heavy (non-hydrogen) atoms. The molecule has 1 aromatic rings. The van der Waals surface area contributed by atoms with Crippen molar-refractivity contribution in [3.05, 3.63) is 24.8 Å². The summed E-state index contributed by atoms with van der Waals surface area (Å²) in [6.45, 7) is 0. The summed E-state index contributed by atoms with van der Waals surface area (Å²) < 4.78 is 40.9. The van der Waals surface area contributed by atoms with Crippen LogP contribution >= 0.6 is 0 Å². The molecule has 1 heterocycles. The van der Waals surface area contributed by atoms with Crippen molar-refractivity contribution in [2.24, 2.45) is 7.05 Å². The quantitative estimate of drug-likeness (QED) is 0.334. The van der Waals surface area contributed by atoms with E-state index in [1.807, 2.05) is 24.0 Å². The highest BCUT2D eigenvalue weighted by Gasteiger charge is 2.20. The third kappa shape index (κ3) is 11.6. The van der Waals surface area contributed by atoms with E-state index in [1.165, 1.54) is 0 Å². The first-order valence-corrected chi connectivity index (χ1v) is 3.02. The topological polar surface area (TPSA) is 16.8 Å². The van der Waals surface area contributed by atoms with Crippen LogP contribution in [0, 0.1) is 0 Å². The highest BCUT2D eigenvalue weighted by atomic mass is 19.5. The summed E-state index contributed by atoms with van der Waals surface area (Å²) in [7, 11) is -4.04. The fourth-order valence-electron chi connectivity index (χ4n) is 0.387. The van der Waals surface area contributed by atoms with Gasteiger partial charge < -0.3 is 17.3 Å². The van der Waals surface area contributed by atoms with Crippen LogP contribution in [0.5, 0.6) is 0 Å². The minimum absolute atomic E-state index is 1.75. The molecule has 0 fully saturated rings. The fraction of sp³-hybridized carbons (Fsp3) is 0.200. The number of aryl methyl sites for hydroxylation is 1. The lowest BCUT2D eigenvalue weighted by molar-refractivity contribution is -0.672. The molecule has 68 valence electrons. The fourth-order valence-corrected chi connectivity index (χ4v) is 0.387. The van der Waals surface area contributed by atoms with E-state index in [9.17, 15) is 17.3 Å². The van der Waals surface area contributed by atoms with Gasteiger partial charge in [-0.15, -0.1) is 0 Å². The Kier molecular flexibility index (Phi) is 4.24. The summed E-state index contributed by atoms with van der Waals surface area (Å²) in [4.78, 5) is 3.82. The van der Waals surface area contributed by atoms with E-state index >= 15 is 0 Å². The normalized spacial score (nSPS) is 10.1. The number of halogens is 4. The molecule has 0 radical (unpaired) electrons. The van der Waals surface area contributed by atoms with E-state index in [4.69, 9.17) is 0 Å². The van der Waals surface area contributed by atoms with Gasteiger partial charge >= 0.3 is 7.25 Å². The summed E-state index contributed by atoms with van der Waals surface area (Å²) >= 11 is 0. The predicted molar refractivity (Wildman–Crippen MR) is 35.6 cm³/mol. The van der Waals surface area contributed by atoms with Gasteiger partial charge in [0.2, 0.25) is 0 Å². The van der Waals surface area contributed by atoms with Crippen molar-refractivity contribution < 1.29 is 21.8 Å². The molecule has 0 saturated heterocycles. The molecule has 0 aromatic carbocycles. The van der Waals surface area contributed by atoms with Gasteiger partial charge in [-0.2, -0.15) is 0 Å². The van der Waals surface area contributed by atoms with Crippen molar-refractivity contribution in [1.82, 2.24) is 4.98 Å². The summed E-state index contributed by atoms with van der Waals surface area (Å²) in [6.07, 6.45) is 7.28. The lowest BCUT2D eigenvalue weighted by Gasteiger charge is -1.94. The number of rotatable bonds is 0. The van der Waals surface area contributed by atoms with Crippen molar-refractivity contribution in [3.63, 3.8) is 0 Å². The summed E-state index contributed by atoms with van der Waals surface area (Å²) in [6, 6.07) is 0. The van der Waals surface area contributed by atoms with Crippen LogP contribution in [0.25, 0.3) is 0 Å². The van der Waals surface area contributed by atoms with E-state index in [-0.39, 0.29) is 0 Å². The average Bonchev–Trinajstić information content (AvgIpc) is 1.85. The maximum atomic E-state index is 9.75. The molecule has 0 bridgehead atoms. The Morgan fingerprint density at radius 2 is 1.42 bits per heavy atom. The second-order valence-corrected chi connectivity index (χ2v) is 1.91. The van der Waals surface area contributed by atoms with Gasteiger partial charge in [0.25, 0.3) is 0 Å². The number of nitrogens with zero attached hydrogens (tertiary/aromatic N) is 2. The van der Waals surface area contributed by atoms with Crippen LogP contribution in [0.1, 0.15) is 0 Å². The zero-order chi connectivity index (χ0) is 9.61. The van der Waals surface area contributed by atoms with Crippen LogP contribution < -0.4 is 4.57 Å². The standard InChI is InChI=1S/C5H7N2.BF4/c1-7-4-2-6-3-5-7;2-1(3,4)5/h2-5H,1H3;/q+1;-1. The van der Waals surface area contributed by atoms with Gasteiger partial charge in [0.05, 0.1) is 12.4 Å². The minimum atomic E-state index is -6.00. The van der Waals surface area contributed by atoms with Crippen LogP contribution in [0.4, 0.5) is 17.3 Å². The molecule has 0 amide bonds. The molecule has 0 aliphatic rings. The molecule has 0 saturated carbocycles. The molecule has 0 aliphatic heterocycles. The molecular formula is C5H7BF4N2. The third-order valence-corrected chi connectivity index (χ3v) is 0.776. The largest absolute Gasteiger partial charge is 0.673 e. The second-order valence-electron chi connectivity index (χ2n) is 1.91. The van der Waals surface area contributed by atoms with E-state index in [2.05, 4.69) is 4.98 Å².